The molecule has 1 N–H and O–H groups in total. The smallest absolute Gasteiger partial charge is 0.225 e. The van der Waals surface area contributed by atoms with Crippen LogP contribution in [-0.2, 0) is 11.2 Å². The third-order valence-electron chi connectivity index (χ3n) is 4.29. The minimum atomic E-state index is -0.465. The predicted molar refractivity (Wildman–Crippen MR) is 104 cm³/mol. The maximum atomic E-state index is 13.8. The molecule has 3 rings (SSSR count). The SMILES string of the molecule is C[C@@H](NC(=O)Cc1c(F)cccc1Cl)c1ccc(-c2ccccc2)cc1. The van der Waals surface area contributed by atoms with Gasteiger partial charge in [-0.2, -0.15) is 0 Å². The van der Waals surface area contributed by atoms with Crippen LogP contribution in [-0.4, -0.2) is 5.91 Å². The Balaban J connectivity index is 1.66. The van der Waals surface area contributed by atoms with E-state index in [9.17, 15) is 9.18 Å². The number of rotatable bonds is 5. The van der Waals surface area contributed by atoms with Gasteiger partial charge in [-0.05, 0) is 35.7 Å². The van der Waals surface area contributed by atoms with Crippen LogP contribution in [0.4, 0.5) is 4.39 Å². The maximum absolute atomic E-state index is 13.8. The van der Waals surface area contributed by atoms with Gasteiger partial charge in [-0.25, -0.2) is 4.39 Å². The van der Waals surface area contributed by atoms with Gasteiger partial charge in [-0.15, -0.1) is 0 Å². The lowest BCUT2D eigenvalue weighted by Gasteiger charge is -2.15. The minimum Gasteiger partial charge on any atom is -0.349 e. The number of nitrogens with one attached hydrogen (secondary N) is 1. The summed E-state index contributed by atoms with van der Waals surface area (Å²) >= 11 is 5.98. The van der Waals surface area contributed by atoms with Crippen molar-refractivity contribution in [3.05, 3.63) is 94.8 Å². The lowest BCUT2D eigenvalue weighted by molar-refractivity contribution is -0.121. The fourth-order valence-corrected chi connectivity index (χ4v) is 3.06. The van der Waals surface area contributed by atoms with E-state index in [-0.39, 0.29) is 29.0 Å². The van der Waals surface area contributed by atoms with E-state index in [0.29, 0.717) is 0 Å². The Morgan fingerprint density at radius 1 is 0.962 bits per heavy atom. The van der Waals surface area contributed by atoms with Crippen LogP contribution in [0.15, 0.2) is 72.8 Å². The molecule has 3 aromatic rings. The number of hydrogen-bond acceptors (Lipinski definition) is 1. The fourth-order valence-electron chi connectivity index (χ4n) is 2.83. The molecule has 26 heavy (non-hydrogen) atoms. The molecule has 0 aromatic heterocycles. The first-order chi connectivity index (χ1) is 12.5. The second kappa shape index (κ2) is 8.15. The monoisotopic (exact) mass is 367 g/mol. The average Bonchev–Trinajstić information content (AvgIpc) is 2.66. The lowest BCUT2D eigenvalue weighted by atomic mass is 10.0. The molecule has 0 heterocycles. The zero-order valence-electron chi connectivity index (χ0n) is 14.4. The van der Waals surface area contributed by atoms with Crippen molar-refractivity contribution in [1.29, 1.82) is 0 Å². The van der Waals surface area contributed by atoms with E-state index < -0.39 is 5.82 Å². The highest BCUT2D eigenvalue weighted by Crippen LogP contribution is 2.23. The summed E-state index contributed by atoms with van der Waals surface area (Å²) in [5, 5.41) is 3.16. The molecule has 3 aromatic carbocycles. The van der Waals surface area contributed by atoms with Gasteiger partial charge in [-0.3, -0.25) is 4.79 Å². The van der Waals surface area contributed by atoms with Crippen molar-refractivity contribution in [1.82, 2.24) is 5.32 Å². The van der Waals surface area contributed by atoms with E-state index in [0.717, 1.165) is 16.7 Å². The molecule has 132 valence electrons. The summed E-state index contributed by atoms with van der Waals surface area (Å²) in [6.07, 6.45) is -0.0854. The third-order valence-corrected chi connectivity index (χ3v) is 4.65. The van der Waals surface area contributed by atoms with Gasteiger partial charge in [0.2, 0.25) is 5.91 Å². The fraction of sp³-hybridized carbons (Fsp3) is 0.136. The Kier molecular flexibility index (Phi) is 5.69. The Morgan fingerprint density at radius 2 is 1.62 bits per heavy atom. The lowest BCUT2D eigenvalue weighted by Crippen LogP contribution is -2.28. The molecule has 2 nitrogen and oxygen atoms in total. The first-order valence-electron chi connectivity index (χ1n) is 8.42. The Labute approximate surface area is 157 Å². The van der Waals surface area contributed by atoms with Crippen molar-refractivity contribution < 1.29 is 9.18 Å². The molecular formula is C22H19ClFNO. The predicted octanol–water partition coefficient (Wildman–Crippen LogP) is 5.57. The topological polar surface area (TPSA) is 29.1 Å². The van der Waals surface area contributed by atoms with E-state index in [2.05, 4.69) is 17.4 Å². The summed E-state index contributed by atoms with van der Waals surface area (Å²) in [4.78, 5) is 12.3. The molecule has 0 aliphatic carbocycles. The number of carbonyl (C=O) groups excluding carboxylic acids is 1. The van der Waals surface area contributed by atoms with E-state index >= 15 is 0 Å². The van der Waals surface area contributed by atoms with Gasteiger partial charge >= 0.3 is 0 Å². The standard InChI is InChI=1S/C22H19ClFNO/c1-15(25-22(26)14-19-20(23)8-5-9-21(19)24)16-10-12-18(13-11-16)17-6-3-2-4-7-17/h2-13,15H,14H2,1H3,(H,25,26)/t15-/m1/s1. The van der Waals surface area contributed by atoms with Crippen molar-refractivity contribution in [2.75, 3.05) is 0 Å². The van der Waals surface area contributed by atoms with Crippen LogP contribution >= 0.6 is 11.6 Å². The molecule has 0 unspecified atom stereocenters. The summed E-state index contributed by atoms with van der Waals surface area (Å²) in [6.45, 7) is 1.90. The van der Waals surface area contributed by atoms with Crippen LogP contribution in [0.25, 0.3) is 11.1 Å². The summed E-state index contributed by atoms with van der Waals surface area (Å²) in [5.74, 6) is -0.732. The van der Waals surface area contributed by atoms with Crippen LogP contribution in [0.5, 0.6) is 0 Å². The minimum absolute atomic E-state index is 0.0854. The van der Waals surface area contributed by atoms with Gasteiger partial charge < -0.3 is 5.32 Å². The van der Waals surface area contributed by atoms with Gasteiger partial charge in [-0.1, -0.05) is 72.3 Å². The zero-order chi connectivity index (χ0) is 18.5. The van der Waals surface area contributed by atoms with Gasteiger partial charge in [0.25, 0.3) is 0 Å². The third kappa shape index (κ3) is 4.30. The molecule has 0 radical (unpaired) electrons. The molecular weight excluding hydrogens is 349 g/mol. The van der Waals surface area contributed by atoms with Gasteiger partial charge in [0, 0.05) is 10.6 Å². The largest absolute Gasteiger partial charge is 0.349 e. The summed E-state index contributed by atoms with van der Waals surface area (Å²) in [7, 11) is 0. The first kappa shape index (κ1) is 18.2. The number of benzene rings is 3. The molecule has 0 saturated heterocycles. The van der Waals surface area contributed by atoms with Crippen LogP contribution in [0.3, 0.4) is 0 Å². The highest BCUT2D eigenvalue weighted by Gasteiger charge is 2.14. The van der Waals surface area contributed by atoms with Crippen LogP contribution in [0.1, 0.15) is 24.1 Å². The molecule has 1 amide bonds. The quantitative estimate of drug-likeness (QED) is 0.627. The van der Waals surface area contributed by atoms with Gasteiger partial charge in [0.05, 0.1) is 12.5 Å². The van der Waals surface area contributed by atoms with Crippen molar-refractivity contribution in [3.63, 3.8) is 0 Å². The van der Waals surface area contributed by atoms with E-state index in [4.69, 9.17) is 11.6 Å². The van der Waals surface area contributed by atoms with Crippen molar-refractivity contribution in [2.24, 2.45) is 0 Å². The summed E-state index contributed by atoms with van der Waals surface area (Å²) in [6, 6.07) is 22.4. The molecule has 0 spiro atoms. The summed E-state index contributed by atoms with van der Waals surface area (Å²) in [5.41, 5.74) is 3.46. The van der Waals surface area contributed by atoms with E-state index in [1.807, 2.05) is 49.4 Å². The zero-order valence-corrected chi connectivity index (χ0v) is 15.1. The molecule has 0 aliphatic heterocycles. The van der Waals surface area contributed by atoms with Gasteiger partial charge in [0.15, 0.2) is 0 Å². The highest BCUT2D eigenvalue weighted by molar-refractivity contribution is 6.31. The first-order valence-corrected chi connectivity index (χ1v) is 8.80. The van der Waals surface area contributed by atoms with Crippen molar-refractivity contribution in [2.45, 2.75) is 19.4 Å². The van der Waals surface area contributed by atoms with Crippen LogP contribution in [0, 0.1) is 5.82 Å². The second-order valence-corrected chi connectivity index (χ2v) is 6.56. The molecule has 4 heteroatoms. The Morgan fingerprint density at radius 3 is 2.27 bits per heavy atom. The second-order valence-electron chi connectivity index (χ2n) is 6.15. The Bertz CT molecular complexity index is 874. The van der Waals surface area contributed by atoms with Gasteiger partial charge in [0.1, 0.15) is 5.82 Å². The number of carbonyl (C=O) groups is 1. The molecule has 0 fully saturated rings. The van der Waals surface area contributed by atoms with Crippen LogP contribution < -0.4 is 5.32 Å². The highest BCUT2D eigenvalue weighted by atomic mass is 35.5. The number of halogens is 2. The number of amides is 1. The van der Waals surface area contributed by atoms with Crippen molar-refractivity contribution >= 4 is 17.5 Å². The molecule has 1 atom stereocenters. The number of hydrogen-bond donors (Lipinski definition) is 1. The Hall–Kier alpha value is -2.65. The van der Waals surface area contributed by atoms with Crippen molar-refractivity contribution in [3.8, 4) is 11.1 Å². The van der Waals surface area contributed by atoms with Crippen LogP contribution in [0.2, 0.25) is 5.02 Å². The maximum Gasteiger partial charge on any atom is 0.225 e. The van der Waals surface area contributed by atoms with E-state index in [1.54, 1.807) is 6.07 Å². The van der Waals surface area contributed by atoms with E-state index in [1.165, 1.54) is 12.1 Å². The summed E-state index contributed by atoms with van der Waals surface area (Å²) < 4.78 is 13.8. The molecule has 0 aliphatic rings. The molecule has 0 bridgehead atoms. The normalized spacial score (nSPS) is 11.8. The molecule has 0 saturated carbocycles. The average molecular weight is 368 g/mol.